The number of hydrogen-bond acceptors (Lipinski definition) is 15. The maximum Gasteiger partial charge on any atom is 0.472 e. The van der Waals surface area contributed by atoms with Gasteiger partial charge in [0.2, 0.25) is 0 Å². The van der Waals surface area contributed by atoms with E-state index in [0.717, 1.165) is 108 Å². The number of ether oxygens (including phenoxy) is 4. The van der Waals surface area contributed by atoms with Gasteiger partial charge in [-0.1, -0.05) is 376 Å². The second-order valence-electron chi connectivity index (χ2n) is 30.9. The molecule has 0 aromatic heterocycles. The zero-order valence-corrected chi connectivity index (χ0v) is 68.2. The first-order chi connectivity index (χ1) is 48.7. The smallest absolute Gasteiger partial charge is 0.462 e. The lowest BCUT2D eigenvalue weighted by atomic mass is 10.0. The van der Waals surface area contributed by atoms with Crippen LogP contribution in [-0.2, 0) is 65.4 Å². The van der Waals surface area contributed by atoms with Crippen LogP contribution in [0.25, 0.3) is 0 Å². The minimum Gasteiger partial charge on any atom is -0.462 e. The summed E-state index contributed by atoms with van der Waals surface area (Å²) in [5.74, 6) is 0.226. The van der Waals surface area contributed by atoms with E-state index in [1.54, 1.807) is 0 Å². The van der Waals surface area contributed by atoms with Gasteiger partial charge >= 0.3 is 39.5 Å². The van der Waals surface area contributed by atoms with Crippen molar-refractivity contribution in [3.8, 4) is 0 Å². The topological polar surface area (TPSA) is 237 Å². The van der Waals surface area contributed by atoms with Crippen molar-refractivity contribution >= 4 is 39.5 Å². The van der Waals surface area contributed by atoms with Crippen molar-refractivity contribution in [3.05, 3.63) is 0 Å². The molecule has 3 N–H and O–H groups in total. The van der Waals surface area contributed by atoms with Crippen LogP contribution in [-0.4, -0.2) is 96.7 Å². The highest BCUT2D eigenvalue weighted by molar-refractivity contribution is 7.47. The van der Waals surface area contributed by atoms with Crippen LogP contribution in [0.3, 0.4) is 0 Å². The second kappa shape index (κ2) is 72.3. The molecule has 101 heavy (non-hydrogen) atoms. The molecule has 0 aliphatic heterocycles. The van der Waals surface area contributed by atoms with Gasteiger partial charge in [-0.05, 0) is 43.4 Å². The Kier molecular flexibility index (Phi) is 70.9. The van der Waals surface area contributed by atoms with Crippen LogP contribution in [0.2, 0.25) is 0 Å². The predicted molar refractivity (Wildman–Crippen MR) is 414 cm³/mol. The first-order valence-corrected chi connectivity index (χ1v) is 45.3. The summed E-state index contributed by atoms with van der Waals surface area (Å²) in [7, 11) is -9.92. The number of phosphoric ester groups is 2. The Labute approximate surface area is 619 Å². The lowest BCUT2D eigenvalue weighted by molar-refractivity contribution is -0.161. The van der Waals surface area contributed by atoms with E-state index in [-0.39, 0.29) is 25.7 Å². The van der Waals surface area contributed by atoms with Crippen molar-refractivity contribution in [3.63, 3.8) is 0 Å². The van der Waals surface area contributed by atoms with Gasteiger partial charge in [-0.2, -0.15) is 0 Å². The van der Waals surface area contributed by atoms with Crippen LogP contribution < -0.4 is 0 Å². The molecule has 0 heterocycles. The molecule has 0 saturated heterocycles. The van der Waals surface area contributed by atoms with Gasteiger partial charge in [0.15, 0.2) is 12.2 Å². The maximum atomic E-state index is 13.1. The van der Waals surface area contributed by atoms with Gasteiger partial charge in [0.25, 0.3) is 0 Å². The second-order valence-corrected chi connectivity index (χ2v) is 33.8. The van der Waals surface area contributed by atoms with Crippen molar-refractivity contribution in [2.75, 3.05) is 39.6 Å². The summed E-state index contributed by atoms with van der Waals surface area (Å²) < 4.78 is 68.8. The number of esters is 4. The summed E-state index contributed by atoms with van der Waals surface area (Å²) in [6, 6.07) is 0. The van der Waals surface area contributed by atoms with Crippen molar-refractivity contribution < 1.29 is 80.2 Å². The quantitative estimate of drug-likeness (QED) is 0.0222. The Morgan fingerprint density at radius 3 is 0.673 bits per heavy atom. The minimum atomic E-state index is -4.96. The van der Waals surface area contributed by atoms with Gasteiger partial charge in [0.1, 0.15) is 19.3 Å². The standard InChI is InChI=1S/C82H160O17P2/c1-8-9-10-11-12-13-14-15-24-30-35-44-51-58-65-81(86)99-78(70-93-80(85)64-57-50-43-38-37-41-48-55-62-75(6)7)72-97-101(90,91)95-68-76(83)67-94-100(88,89)96-71-77(69-92-79(84)63-56-49-42-34-29-25-21-20-23-28-33-40-47-54-61-74(4)5)98-82(87)66-59-52-45-36-31-26-19-17-16-18-22-27-32-39-46-53-60-73(2)3/h73-78,83H,8-72H2,1-7H3,(H,88,89)(H,90,91)/t76-,77-,78-/m1/s1. The molecule has 0 fully saturated rings. The van der Waals surface area contributed by atoms with E-state index in [1.807, 2.05) is 0 Å². The zero-order valence-electron chi connectivity index (χ0n) is 66.4. The van der Waals surface area contributed by atoms with E-state index in [2.05, 4.69) is 48.5 Å². The van der Waals surface area contributed by atoms with E-state index >= 15 is 0 Å². The number of hydrogen-bond donors (Lipinski definition) is 3. The van der Waals surface area contributed by atoms with E-state index in [9.17, 15) is 43.2 Å². The fourth-order valence-corrected chi connectivity index (χ4v) is 14.2. The summed E-state index contributed by atoms with van der Waals surface area (Å²) >= 11 is 0. The molecule has 0 spiro atoms. The van der Waals surface area contributed by atoms with Gasteiger partial charge in [0, 0.05) is 25.7 Å². The van der Waals surface area contributed by atoms with Crippen molar-refractivity contribution in [2.45, 2.75) is 446 Å². The Morgan fingerprint density at radius 1 is 0.267 bits per heavy atom. The van der Waals surface area contributed by atoms with Crippen LogP contribution in [0, 0.1) is 17.8 Å². The third-order valence-corrected chi connectivity index (χ3v) is 21.0. The van der Waals surface area contributed by atoms with Crippen molar-refractivity contribution in [2.24, 2.45) is 17.8 Å². The predicted octanol–water partition coefficient (Wildman–Crippen LogP) is 24.5. The van der Waals surface area contributed by atoms with E-state index in [4.69, 9.17) is 37.0 Å². The zero-order chi connectivity index (χ0) is 74.4. The summed E-state index contributed by atoms with van der Waals surface area (Å²) in [4.78, 5) is 73.1. The number of aliphatic hydroxyl groups is 1. The molecule has 0 radical (unpaired) electrons. The van der Waals surface area contributed by atoms with E-state index < -0.39 is 97.5 Å². The van der Waals surface area contributed by atoms with Crippen LogP contribution in [0.1, 0.15) is 427 Å². The normalized spacial score (nSPS) is 14.0. The van der Waals surface area contributed by atoms with Crippen LogP contribution >= 0.6 is 15.6 Å². The SMILES string of the molecule is CCCCCCCCCCCCCCCCC(=O)O[C@H](COC(=O)CCCCCCCCCCC(C)C)COP(=O)(O)OC[C@H](O)COP(=O)(O)OC[C@@H](COC(=O)CCCCCCCCCCCCCCCCC(C)C)OC(=O)CCCCCCCCCCCCCCCCCCC(C)C. The Balaban J connectivity index is 5.25. The van der Waals surface area contributed by atoms with Crippen LogP contribution in [0.5, 0.6) is 0 Å². The summed E-state index contributed by atoms with van der Waals surface area (Å²) in [6.07, 6.45) is 61.0. The molecule has 0 aliphatic carbocycles. The molecule has 0 amide bonds. The highest BCUT2D eigenvalue weighted by Crippen LogP contribution is 2.45. The van der Waals surface area contributed by atoms with Crippen molar-refractivity contribution in [1.29, 1.82) is 0 Å². The molecular weight excluding hydrogens is 1320 g/mol. The molecule has 5 atom stereocenters. The minimum absolute atomic E-state index is 0.107. The number of unbranched alkanes of at least 4 members (excludes halogenated alkanes) is 48. The van der Waals surface area contributed by atoms with Gasteiger partial charge in [-0.3, -0.25) is 37.3 Å². The fraction of sp³-hybridized carbons (Fsp3) is 0.951. The lowest BCUT2D eigenvalue weighted by Gasteiger charge is -2.21. The van der Waals surface area contributed by atoms with E-state index in [0.29, 0.717) is 25.7 Å². The van der Waals surface area contributed by atoms with Crippen molar-refractivity contribution in [1.82, 2.24) is 0 Å². The molecule has 17 nitrogen and oxygen atoms in total. The molecule has 0 aliphatic rings. The van der Waals surface area contributed by atoms with Gasteiger partial charge in [0.05, 0.1) is 26.4 Å². The molecule has 0 saturated carbocycles. The Bertz CT molecular complexity index is 1960. The number of phosphoric acid groups is 2. The molecule has 0 aromatic carbocycles. The van der Waals surface area contributed by atoms with Gasteiger partial charge in [-0.25, -0.2) is 9.13 Å². The largest absolute Gasteiger partial charge is 0.472 e. The first-order valence-electron chi connectivity index (χ1n) is 42.3. The van der Waals surface area contributed by atoms with Gasteiger partial charge < -0.3 is 33.8 Å². The molecule has 0 rings (SSSR count). The summed E-state index contributed by atoms with van der Waals surface area (Å²) in [5, 5.41) is 10.7. The third-order valence-electron chi connectivity index (χ3n) is 19.1. The lowest BCUT2D eigenvalue weighted by Crippen LogP contribution is -2.30. The molecular formula is C82H160O17P2. The van der Waals surface area contributed by atoms with Crippen LogP contribution in [0.15, 0.2) is 0 Å². The van der Waals surface area contributed by atoms with Crippen LogP contribution in [0.4, 0.5) is 0 Å². The molecule has 0 aromatic rings. The first kappa shape index (κ1) is 99.1. The highest BCUT2D eigenvalue weighted by atomic mass is 31.2. The Morgan fingerprint density at radius 2 is 0.455 bits per heavy atom. The molecule has 19 heteroatoms. The number of rotatable bonds is 80. The monoisotopic (exact) mass is 1480 g/mol. The number of aliphatic hydroxyl groups excluding tert-OH is 1. The summed E-state index contributed by atoms with van der Waals surface area (Å²) in [5.41, 5.74) is 0. The number of carbonyl (C=O) groups excluding carboxylic acids is 4. The summed E-state index contributed by atoms with van der Waals surface area (Å²) in [6.45, 7) is 12.0. The average Bonchev–Trinajstić information content (AvgIpc) is 0.919. The van der Waals surface area contributed by atoms with Gasteiger partial charge in [-0.15, -0.1) is 0 Å². The highest BCUT2D eigenvalue weighted by Gasteiger charge is 2.30. The average molecular weight is 1480 g/mol. The van der Waals surface area contributed by atoms with E-state index in [1.165, 1.54) is 238 Å². The maximum absolute atomic E-state index is 13.1. The molecule has 600 valence electrons. The third kappa shape index (κ3) is 76.1. The fourth-order valence-electron chi connectivity index (χ4n) is 12.7. The molecule has 2 unspecified atom stereocenters. The number of carbonyl (C=O) groups is 4. The molecule has 0 bridgehead atoms. The Hall–Kier alpha value is -1.94.